The summed E-state index contributed by atoms with van der Waals surface area (Å²) in [5.41, 5.74) is 8.45. The van der Waals surface area contributed by atoms with Gasteiger partial charge in [-0.1, -0.05) is 11.6 Å². The van der Waals surface area contributed by atoms with E-state index in [1.54, 1.807) is 35.1 Å². The number of aromatic nitrogens is 3. The molecule has 0 saturated heterocycles. The molecule has 0 atom stereocenters. The Morgan fingerprint density at radius 1 is 1.21 bits per heavy atom. The van der Waals surface area contributed by atoms with Gasteiger partial charge < -0.3 is 18.1 Å². The molecule has 0 radical (unpaired) electrons. The minimum absolute atomic E-state index is 0. The summed E-state index contributed by atoms with van der Waals surface area (Å²) in [6, 6.07) is 11.1. The van der Waals surface area contributed by atoms with Gasteiger partial charge in [-0.15, -0.1) is 5.11 Å². The van der Waals surface area contributed by atoms with Crippen LogP contribution < -0.4 is 22.7 Å². The van der Waals surface area contributed by atoms with Crippen LogP contribution in [-0.2, 0) is 13.6 Å². The monoisotopic (exact) mass is 362 g/mol. The lowest BCUT2D eigenvalue weighted by atomic mass is 10.3. The smallest absolute Gasteiger partial charge is 0.173 e. The number of nitrogens with zero attached hydrogens (tertiary/aromatic N) is 5. The van der Waals surface area contributed by atoms with Crippen molar-refractivity contribution in [2.75, 3.05) is 5.73 Å². The third kappa shape index (κ3) is 4.31. The van der Waals surface area contributed by atoms with Crippen LogP contribution in [0.1, 0.15) is 5.56 Å². The van der Waals surface area contributed by atoms with Gasteiger partial charge in [-0.2, -0.15) is 10.2 Å². The molecule has 0 bridgehead atoms. The summed E-state index contributed by atoms with van der Waals surface area (Å²) in [6.07, 6.45) is 5.61. The van der Waals surface area contributed by atoms with E-state index in [2.05, 4.69) is 15.3 Å². The molecular formula is C16H16Cl2N6. The standard InChI is InChI=1S/C16H16ClN6.ClH/c1-22-8-2-3-12(10-22)11-23-16(18)15(9-19-23)21-20-14-6-4-13(17)5-7-14;/h2-10H,11,18H2,1H3;1H/q+1;/p-1/b21-20+;. The lowest BCUT2D eigenvalue weighted by molar-refractivity contribution is -0.671. The van der Waals surface area contributed by atoms with Gasteiger partial charge in [0.1, 0.15) is 18.6 Å². The second-order valence-electron chi connectivity index (χ2n) is 5.13. The quantitative estimate of drug-likeness (QED) is 0.539. The van der Waals surface area contributed by atoms with Crippen molar-refractivity contribution in [2.45, 2.75) is 6.54 Å². The van der Waals surface area contributed by atoms with E-state index in [0.29, 0.717) is 28.8 Å². The molecule has 2 heterocycles. The number of hydrogen-bond acceptors (Lipinski definition) is 4. The second-order valence-corrected chi connectivity index (χ2v) is 5.56. The molecule has 6 nitrogen and oxygen atoms in total. The predicted octanol–water partition coefficient (Wildman–Crippen LogP) is 0.411. The molecule has 8 heteroatoms. The molecule has 0 aliphatic carbocycles. The fraction of sp³-hybridized carbons (Fsp3) is 0.125. The van der Waals surface area contributed by atoms with E-state index in [9.17, 15) is 0 Å². The van der Waals surface area contributed by atoms with Crippen molar-refractivity contribution in [1.29, 1.82) is 0 Å². The van der Waals surface area contributed by atoms with Gasteiger partial charge in [0.15, 0.2) is 12.4 Å². The average Bonchev–Trinajstić information content (AvgIpc) is 2.87. The van der Waals surface area contributed by atoms with E-state index >= 15 is 0 Å². The summed E-state index contributed by atoms with van der Waals surface area (Å²) in [4.78, 5) is 0. The first-order valence-corrected chi connectivity index (χ1v) is 7.42. The Kier molecular flexibility index (Phi) is 5.89. The number of anilines is 1. The van der Waals surface area contributed by atoms with Crippen LogP contribution in [0.3, 0.4) is 0 Å². The van der Waals surface area contributed by atoms with Crippen molar-refractivity contribution in [1.82, 2.24) is 9.78 Å². The highest BCUT2D eigenvalue weighted by atomic mass is 35.5. The third-order valence-electron chi connectivity index (χ3n) is 3.29. The number of azo groups is 1. The molecule has 0 aliphatic heterocycles. The molecule has 0 spiro atoms. The van der Waals surface area contributed by atoms with Gasteiger partial charge in [0.25, 0.3) is 0 Å². The van der Waals surface area contributed by atoms with E-state index in [4.69, 9.17) is 17.3 Å². The Bertz CT molecular complexity index is 842. The minimum Gasteiger partial charge on any atom is -1.00 e. The summed E-state index contributed by atoms with van der Waals surface area (Å²) in [5, 5.41) is 13.2. The highest BCUT2D eigenvalue weighted by molar-refractivity contribution is 6.30. The number of halogens is 2. The first-order valence-electron chi connectivity index (χ1n) is 7.04. The fourth-order valence-corrected chi connectivity index (χ4v) is 2.25. The molecule has 1 aromatic carbocycles. The molecule has 0 saturated carbocycles. The van der Waals surface area contributed by atoms with Crippen LogP contribution in [0.15, 0.2) is 65.2 Å². The summed E-state index contributed by atoms with van der Waals surface area (Å²) < 4.78 is 3.68. The van der Waals surface area contributed by atoms with Crippen molar-refractivity contribution in [3.63, 3.8) is 0 Å². The zero-order chi connectivity index (χ0) is 16.2. The maximum atomic E-state index is 6.10. The number of aryl methyl sites for hydroxylation is 1. The summed E-state index contributed by atoms with van der Waals surface area (Å²) in [6.45, 7) is 0.580. The Morgan fingerprint density at radius 3 is 2.67 bits per heavy atom. The van der Waals surface area contributed by atoms with Gasteiger partial charge in [-0.3, -0.25) is 0 Å². The number of rotatable bonds is 4. The summed E-state index contributed by atoms with van der Waals surface area (Å²) in [5.74, 6) is 0.481. The molecule has 0 aliphatic rings. The lowest BCUT2D eigenvalue weighted by Gasteiger charge is -2.02. The Balaban J connectivity index is 0.00000208. The van der Waals surface area contributed by atoms with E-state index in [1.165, 1.54) is 0 Å². The second kappa shape index (κ2) is 7.90. The van der Waals surface area contributed by atoms with Crippen molar-refractivity contribution < 1.29 is 17.0 Å². The molecule has 0 fully saturated rings. The zero-order valence-electron chi connectivity index (χ0n) is 13.0. The molecular weight excluding hydrogens is 347 g/mol. The van der Waals surface area contributed by atoms with Crippen LogP contribution >= 0.6 is 11.6 Å². The number of hydrogen-bond donors (Lipinski definition) is 1. The fourth-order valence-electron chi connectivity index (χ4n) is 2.12. The maximum Gasteiger partial charge on any atom is 0.173 e. The SMILES string of the molecule is C[n+]1cccc(Cn2ncc(/N=N/c3ccc(Cl)cc3)c2N)c1.[Cl-]. The molecule has 124 valence electrons. The molecule has 0 amide bonds. The molecule has 3 aromatic rings. The van der Waals surface area contributed by atoms with Gasteiger partial charge in [0.05, 0.1) is 18.4 Å². The lowest BCUT2D eigenvalue weighted by Crippen LogP contribution is -3.00. The van der Waals surface area contributed by atoms with Crippen molar-refractivity contribution in [3.05, 3.63) is 65.6 Å². The number of benzene rings is 1. The van der Waals surface area contributed by atoms with Crippen LogP contribution in [0.4, 0.5) is 17.2 Å². The normalized spacial score (nSPS) is 10.8. The number of pyridine rings is 1. The minimum atomic E-state index is 0. The Labute approximate surface area is 151 Å². The number of nitrogens with two attached hydrogens (primary N) is 1. The van der Waals surface area contributed by atoms with Gasteiger partial charge in [-0.05, 0) is 30.3 Å². The predicted molar refractivity (Wildman–Crippen MR) is 89.0 cm³/mol. The van der Waals surface area contributed by atoms with Crippen molar-refractivity contribution in [2.24, 2.45) is 17.3 Å². The zero-order valence-corrected chi connectivity index (χ0v) is 14.5. The first kappa shape index (κ1) is 17.9. The van der Waals surface area contributed by atoms with E-state index in [1.807, 2.05) is 36.1 Å². The number of nitrogen functional groups attached to an aromatic ring is 1. The van der Waals surface area contributed by atoms with Gasteiger partial charge in [0, 0.05) is 16.7 Å². The first-order chi connectivity index (χ1) is 11.1. The van der Waals surface area contributed by atoms with Crippen LogP contribution in [0, 0.1) is 0 Å². The van der Waals surface area contributed by atoms with Crippen LogP contribution in [0.25, 0.3) is 0 Å². The Morgan fingerprint density at radius 2 is 1.96 bits per heavy atom. The summed E-state index contributed by atoms with van der Waals surface area (Å²) >= 11 is 5.84. The highest BCUT2D eigenvalue weighted by Crippen LogP contribution is 2.25. The van der Waals surface area contributed by atoms with Crippen LogP contribution in [-0.4, -0.2) is 9.78 Å². The average molecular weight is 363 g/mol. The molecule has 2 aromatic heterocycles. The topological polar surface area (TPSA) is 72.4 Å². The molecule has 2 N–H and O–H groups in total. The highest BCUT2D eigenvalue weighted by Gasteiger charge is 2.08. The maximum absolute atomic E-state index is 6.10. The molecule has 24 heavy (non-hydrogen) atoms. The largest absolute Gasteiger partial charge is 1.00 e. The van der Waals surface area contributed by atoms with Crippen molar-refractivity contribution in [3.8, 4) is 0 Å². The van der Waals surface area contributed by atoms with E-state index < -0.39 is 0 Å². The van der Waals surface area contributed by atoms with E-state index in [-0.39, 0.29) is 12.4 Å². The van der Waals surface area contributed by atoms with Gasteiger partial charge in [0.2, 0.25) is 0 Å². The van der Waals surface area contributed by atoms with E-state index in [0.717, 1.165) is 5.56 Å². The van der Waals surface area contributed by atoms with Crippen LogP contribution in [0.2, 0.25) is 5.02 Å². The van der Waals surface area contributed by atoms with Gasteiger partial charge >= 0.3 is 0 Å². The van der Waals surface area contributed by atoms with Crippen LogP contribution in [0.5, 0.6) is 0 Å². The molecule has 3 rings (SSSR count). The van der Waals surface area contributed by atoms with Crippen molar-refractivity contribution >= 4 is 28.8 Å². The molecule has 0 unspecified atom stereocenters. The summed E-state index contributed by atoms with van der Waals surface area (Å²) in [7, 11) is 1.97. The third-order valence-corrected chi connectivity index (χ3v) is 3.55. The Hall–Kier alpha value is -2.44. The van der Waals surface area contributed by atoms with Gasteiger partial charge in [-0.25, -0.2) is 9.25 Å².